The van der Waals surface area contributed by atoms with Crippen molar-refractivity contribution in [3.8, 4) is 5.75 Å². The van der Waals surface area contributed by atoms with Crippen molar-refractivity contribution in [3.63, 3.8) is 0 Å². The number of nitrogens with two attached hydrogens (primary N) is 1. The maximum absolute atomic E-state index is 11.5. The lowest BCUT2D eigenvalue weighted by molar-refractivity contribution is 0.335. The minimum absolute atomic E-state index is 0.0497. The average Bonchev–Trinajstić information content (AvgIpc) is 2.29. The zero-order valence-electron chi connectivity index (χ0n) is 10.9. The summed E-state index contributed by atoms with van der Waals surface area (Å²) in [6.07, 6.45) is 0.638. The van der Waals surface area contributed by atoms with E-state index in [-0.39, 0.29) is 24.2 Å². The molecule has 0 saturated carbocycles. The summed E-state index contributed by atoms with van der Waals surface area (Å²) in [5.74, 6) is 0.929. The predicted molar refractivity (Wildman–Crippen MR) is 73.5 cm³/mol. The van der Waals surface area contributed by atoms with E-state index in [2.05, 4.69) is 0 Å². The Labute approximate surface area is 109 Å². The van der Waals surface area contributed by atoms with Gasteiger partial charge in [0.15, 0.2) is 9.84 Å². The molecule has 0 aromatic heterocycles. The largest absolute Gasteiger partial charge is 0.492 e. The van der Waals surface area contributed by atoms with E-state index in [1.807, 2.05) is 38.1 Å². The Morgan fingerprint density at radius 2 is 1.94 bits per heavy atom. The number of sulfone groups is 1. The van der Waals surface area contributed by atoms with Crippen LogP contribution in [-0.4, -0.2) is 26.5 Å². The van der Waals surface area contributed by atoms with Crippen LogP contribution in [0.2, 0.25) is 0 Å². The second-order valence-electron chi connectivity index (χ2n) is 4.33. The number of hydrogen-bond donors (Lipinski definition) is 1. The van der Waals surface area contributed by atoms with E-state index in [1.54, 1.807) is 0 Å². The van der Waals surface area contributed by atoms with Crippen molar-refractivity contribution in [1.82, 2.24) is 0 Å². The van der Waals surface area contributed by atoms with Crippen LogP contribution in [0.1, 0.15) is 31.9 Å². The van der Waals surface area contributed by atoms with Gasteiger partial charge in [0, 0.05) is 11.6 Å². The van der Waals surface area contributed by atoms with Gasteiger partial charge in [-0.15, -0.1) is 0 Å². The summed E-state index contributed by atoms with van der Waals surface area (Å²) >= 11 is 0. The van der Waals surface area contributed by atoms with Crippen molar-refractivity contribution in [3.05, 3.63) is 29.8 Å². The third-order valence-corrected chi connectivity index (χ3v) is 4.40. The van der Waals surface area contributed by atoms with Crippen molar-refractivity contribution in [2.75, 3.05) is 18.1 Å². The van der Waals surface area contributed by atoms with E-state index in [1.165, 1.54) is 0 Å². The summed E-state index contributed by atoms with van der Waals surface area (Å²) in [6, 6.07) is 7.31. The third-order valence-electron chi connectivity index (χ3n) is 2.58. The van der Waals surface area contributed by atoms with Gasteiger partial charge in [-0.05, 0) is 19.4 Å². The Hall–Kier alpha value is -1.07. The van der Waals surface area contributed by atoms with Crippen LogP contribution in [0.3, 0.4) is 0 Å². The lowest BCUT2D eigenvalue weighted by Gasteiger charge is -2.13. The van der Waals surface area contributed by atoms with E-state index < -0.39 is 9.84 Å². The van der Waals surface area contributed by atoms with Crippen LogP contribution in [0, 0.1) is 0 Å². The van der Waals surface area contributed by atoms with Crippen LogP contribution in [0.4, 0.5) is 0 Å². The molecule has 1 aromatic carbocycles. The molecule has 5 heteroatoms. The molecule has 0 heterocycles. The summed E-state index contributed by atoms with van der Waals surface area (Å²) in [5.41, 5.74) is 6.72. The Morgan fingerprint density at radius 3 is 2.56 bits per heavy atom. The molecule has 1 atom stereocenters. The van der Waals surface area contributed by atoms with Gasteiger partial charge in [0.1, 0.15) is 12.4 Å². The van der Waals surface area contributed by atoms with Gasteiger partial charge in [-0.2, -0.15) is 0 Å². The highest BCUT2D eigenvalue weighted by Crippen LogP contribution is 2.23. The highest BCUT2D eigenvalue weighted by atomic mass is 32.2. The molecule has 0 fully saturated rings. The van der Waals surface area contributed by atoms with Gasteiger partial charge in [-0.1, -0.05) is 25.1 Å². The number of benzene rings is 1. The van der Waals surface area contributed by atoms with Gasteiger partial charge in [0.25, 0.3) is 0 Å². The highest BCUT2D eigenvalue weighted by Gasteiger charge is 2.11. The molecule has 0 spiro atoms. The Balaban J connectivity index is 2.59. The van der Waals surface area contributed by atoms with Crippen LogP contribution in [0.5, 0.6) is 5.75 Å². The normalized spacial score (nSPS) is 13.3. The topological polar surface area (TPSA) is 69.4 Å². The SMILES string of the molecule is CCCS(=O)(=O)CCOc1ccccc1[C@@H](C)N. The lowest BCUT2D eigenvalue weighted by Crippen LogP contribution is -2.17. The Bertz CT molecular complexity index is 469. The van der Waals surface area contributed by atoms with Crippen LogP contribution < -0.4 is 10.5 Å². The van der Waals surface area contributed by atoms with E-state index in [0.717, 1.165) is 5.56 Å². The van der Waals surface area contributed by atoms with E-state index in [4.69, 9.17) is 10.5 Å². The Kier molecular flexibility index (Phi) is 5.62. The monoisotopic (exact) mass is 271 g/mol. The summed E-state index contributed by atoms with van der Waals surface area (Å²) in [7, 11) is -2.99. The quantitative estimate of drug-likeness (QED) is 0.822. The number of para-hydroxylation sites is 1. The summed E-state index contributed by atoms with van der Waals surface area (Å²) in [4.78, 5) is 0. The fraction of sp³-hybridized carbons (Fsp3) is 0.538. The maximum atomic E-state index is 11.5. The lowest BCUT2D eigenvalue weighted by atomic mass is 10.1. The maximum Gasteiger partial charge on any atom is 0.153 e. The first-order valence-electron chi connectivity index (χ1n) is 6.14. The second-order valence-corrected chi connectivity index (χ2v) is 6.63. The smallest absolute Gasteiger partial charge is 0.153 e. The van der Waals surface area contributed by atoms with Gasteiger partial charge in [-0.3, -0.25) is 0 Å². The molecular formula is C13H21NO3S. The first-order chi connectivity index (χ1) is 8.46. The molecule has 1 rings (SSSR count). The van der Waals surface area contributed by atoms with Gasteiger partial charge >= 0.3 is 0 Å². The summed E-state index contributed by atoms with van der Waals surface area (Å²) < 4.78 is 28.6. The van der Waals surface area contributed by atoms with Crippen molar-refractivity contribution < 1.29 is 13.2 Å². The number of hydrogen-bond acceptors (Lipinski definition) is 4. The fourth-order valence-corrected chi connectivity index (χ4v) is 2.84. The fourth-order valence-electron chi connectivity index (χ4n) is 1.68. The zero-order chi connectivity index (χ0) is 13.6. The molecule has 0 radical (unpaired) electrons. The summed E-state index contributed by atoms with van der Waals surface area (Å²) in [5, 5.41) is 0. The van der Waals surface area contributed by atoms with E-state index >= 15 is 0 Å². The molecule has 0 unspecified atom stereocenters. The molecule has 2 N–H and O–H groups in total. The molecule has 102 valence electrons. The average molecular weight is 271 g/mol. The molecule has 0 aliphatic rings. The highest BCUT2D eigenvalue weighted by molar-refractivity contribution is 7.91. The number of ether oxygens (including phenoxy) is 1. The molecule has 0 aliphatic carbocycles. The zero-order valence-corrected chi connectivity index (χ0v) is 11.7. The van der Waals surface area contributed by atoms with Gasteiger partial charge in [-0.25, -0.2) is 8.42 Å². The van der Waals surface area contributed by atoms with Crippen LogP contribution in [0.15, 0.2) is 24.3 Å². The minimum atomic E-state index is -2.99. The summed E-state index contributed by atoms with van der Waals surface area (Å²) in [6.45, 7) is 3.89. The standard InChI is InChI=1S/C13H21NO3S/c1-3-9-18(15,16)10-8-17-13-7-5-4-6-12(13)11(2)14/h4-7,11H,3,8-10,14H2,1-2H3/t11-/m1/s1. The molecule has 1 aromatic rings. The first-order valence-corrected chi connectivity index (χ1v) is 7.96. The van der Waals surface area contributed by atoms with Gasteiger partial charge in [0.2, 0.25) is 0 Å². The predicted octanol–water partition coefficient (Wildman–Crippen LogP) is 1.91. The Morgan fingerprint density at radius 1 is 1.28 bits per heavy atom. The molecule has 18 heavy (non-hydrogen) atoms. The van der Waals surface area contributed by atoms with Crippen molar-refractivity contribution in [2.45, 2.75) is 26.3 Å². The minimum Gasteiger partial charge on any atom is -0.492 e. The van der Waals surface area contributed by atoms with Gasteiger partial charge < -0.3 is 10.5 Å². The molecular weight excluding hydrogens is 250 g/mol. The first kappa shape index (κ1) is 15.0. The van der Waals surface area contributed by atoms with E-state index in [9.17, 15) is 8.42 Å². The molecule has 4 nitrogen and oxygen atoms in total. The third kappa shape index (κ3) is 4.66. The van der Waals surface area contributed by atoms with Crippen molar-refractivity contribution in [1.29, 1.82) is 0 Å². The molecule has 0 bridgehead atoms. The van der Waals surface area contributed by atoms with E-state index in [0.29, 0.717) is 12.2 Å². The molecule has 0 amide bonds. The van der Waals surface area contributed by atoms with Crippen LogP contribution >= 0.6 is 0 Å². The van der Waals surface area contributed by atoms with Gasteiger partial charge in [0.05, 0.1) is 11.5 Å². The van der Waals surface area contributed by atoms with Crippen molar-refractivity contribution >= 4 is 9.84 Å². The van der Waals surface area contributed by atoms with Crippen molar-refractivity contribution in [2.24, 2.45) is 5.73 Å². The molecule has 0 aliphatic heterocycles. The number of rotatable bonds is 7. The molecule has 0 saturated heterocycles. The second kappa shape index (κ2) is 6.75. The van der Waals surface area contributed by atoms with Crippen LogP contribution in [0.25, 0.3) is 0 Å². The van der Waals surface area contributed by atoms with Crippen LogP contribution in [-0.2, 0) is 9.84 Å².